The minimum atomic E-state index is -0.933. The summed E-state index contributed by atoms with van der Waals surface area (Å²) in [4.78, 5) is 11.2. The Morgan fingerprint density at radius 2 is 2.29 bits per heavy atom. The normalized spacial score (nSPS) is 12.5. The molecule has 0 radical (unpaired) electrons. The van der Waals surface area contributed by atoms with Crippen molar-refractivity contribution < 1.29 is 9.90 Å². The summed E-state index contributed by atoms with van der Waals surface area (Å²) >= 11 is 1.74. The summed E-state index contributed by atoms with van der Waals surface area (Å²) in [6.07, 6.45) is 2.99. The highest BCUT2D eigenvalue weighted by Gasteiger charge is 2.21. The number of aromatic carboxylic acids is 1. The van der Waals surface area contributed by atoms with Crippen LogP contribution in [0.2, 0.25) is 0 Å². The average molecular weight is 257 g/mol. The number of carbonyl (C=O) groups is 1. The average Bonchev–Trinajstić information content (AvgIpc) is 2.53. The maximum atomic E-state index is 11.2. The number of carboxylic acids is 1. The lowest BCUT2D eigenvalue weighted by Crippen LogP contribution is -2.24. The highest BCUT2D eigenvalue weighted by Crippen LogP contribution is 2.20. The van der Waals surface area contributed by atoms with Crippen molar-refractivity contribution in [1.82, 2.24) is 9.78 Å². The number of hydrogen-bond donors (Lipinski definition) is 2. The molecule has 0 aliphatic rings. The van der Waals surface area contributed by atoms with Gasteiger partial charge in [-0.1, -0.05) is 6.92 Å². The van der Waals surface area contributed by atoms with Crippen molar-refractivity contribution in [3.63, 3.8) is 0 Å². The van der Waals surface area contributed by atoms with Gasteiger partial charge in [0.1, 0.15) is 11.4 Å². The van der Waals surface area contributed by atoms with Crippen LogP contribution in [0.1, 0.15) is 29.4 Å². The van der Waals surface area contributed by atoms with Crippen molar-refractivity contribution in [2.75, 3.05) is 17.3 Å². The molecule has 17 heavy (non-hydrogen) atoms. The van der Waals surface area contributed by atoms with Crippen molar-refractivity contribution in [3.8, 4) is 0 Å². The number of hydrogen-bond acceptors (Lipinski definition) is 4. The first-order chi connectivity index (χ1) is 8.01. The predicted molar refractivity (Wildman–Crippen MR) is 71.0 cm³/mol. The Kier molecular flexibility index (Phi) is 4.86. The first-order valence-electron chi connectivity index (χ1n) is 5.53. The Morgan fingerprint density at radius 3 is 2.76 bits per heavy atom. The Labute approximate surface area is 106 Å². The van der Waals surface area contributed by atoms with E-state index in [1.54, 1.807) is 30.4 Å². The van der Waals surface area contributed by atoms with E-state index in [2.05, 4.69) is 17.3 Å². The molecule has 1 rings (SSSR count). The van der Waals surface area contributed by atoms with Gasteiger partial charge in [0.2, 0.25) is 0 Å². The molecule has 0 amide bonds. The molecule has 1 atom stereocenters. The van der Waals surface area contributed by atoms with E-state index in [4.69, 9.17) is 0 Å². The van der Waals surface area contributed by atoms with Crippen LogP contribution < -0.4 is 5.32 Å². The van der Waals surface area contributed by atoms with Gasteiger partial charge >= 0.3 is 5.97 Å². The van der Waals surface area contributed by atoms with Gasteiger partial charge in [-0.3, -0.25) is 4.68 Å². The minimum absolute atomic E-state index is 0.262. The van der Waals surface area contributed by atoms with Crippen LogP contribution in [0.25, 0.3) is 0 Å². The maximum absolute atomic E-state index is 11.2. The van der Waals surface area contributed by atoms with Gasteiger partial charge < -0.3 is 10.4 Å². The molecule has 5 nitrogen and oxygen atoms in total. The molecule has 2 N–H and O–H groups in total. The minimum Gasteiger partial charge on any atom is -0.477 e. The lowest BCUT2D eigenvalue weighted by atomic mass is 10.2. The third-order valence-corrected chi connectivity index (χ3v) is 3.37. The number of aromatic nitrogens is 2. The quantitative estimate of drug-likeness (QED) is 0.815. The molecule has 1 aromatic heterocycles. The second kappa shape index (κ2) is 5.95. The Hall–Kier alpha value is -1.17. The number of carboxylic acid groups (broad SMARTS) is 1. The van der Waals surface area contributed by atoms with Gasteiger partial charge in [0, 0.05) is 18.8 Å². The number of thioether (sulfide) groups is 1. The SMILES string of the molecule is CCC(CSC)Nc1c(C(=O)O)c(C)nn1C. The van der Waals surface area contributed by atoms with E-state index >= 15 is 0 Å². The third kappa shape index (κ3) is 3.15. The first-order valence-corrected chi connectivity index (χ1v) is 6.93. The van der Waals surface area contributed by atoms with E-state index in [1.165, 1.54) is 0 Å². The molecule has 0 spiro atoms. The van der Waals surface area contributed by atoms with E-state index in [0.29, 0.717) is 11.5 Å². The lowest BCUT2D eigenvalue weighted by Gasteiger charge is -2.17. The fourth-order valence-corrected chi connectivity index (χ4v) is 2.46. The van der Waals surface area contributed by atoms with Crippen LogP contribution in [0.5, 0.6) is 0 Å². The second-order valence-electron chi connectivity index (χ2n) is 3.94. The van der Waals surface area contributed by atoms with Crippen LogP contribution >= 0.6 is 11.8 Å². The smallest absolute Gasteiger partial charge is 0.341 e. The monoisotopic (exact) mass is 257 g/mol. The van der Waals surface area contributed by atoms with E-state index in [9.17, 15) is 9.90 Å². The summed E-state index contributed by atoms with van der Waals surface area (Å²) in [5, 5.41) is 16.6. The zero-order valence-electron chi connectivity index (χ0n) is 10.6. The summed E-state index contributed by atoms with van der Waals surface area (Å²) < 4.78 is 1.60. The van der Waals surface area contributed by atoms with Gasteiger partial charge in [-0.05, 0) is 19.6 Å². The molecule has 0 aromatic carbocycles. The van der Waals surface area contributed by atoms with Crippen LogP contribution in [0.15, 0.2) is 0 Å². The zero-order chi connectivity index (χ0) is 13.0. The Balaban J connectivity index is 3.00. The molecule has 0 bridgehead atoms. The molecule has 96 valence electrons. The highest BCUT2D eigenvalue weighted by atomic mass is 32.2. The molecule has 0 aliphatic heterocycles. The summed E-state index contributed by atoms with van der Waals surface area (Å²) in [6, 6.07) is 0.262. The van der Waals surface area contributed by atoms with Crippen LogP contribution in [-0.4, -0.2) is 38.9 Å². The van der Waals surface area contributed by atoms with Gasteiger partial charge in [0.25, 0.3) is 0 Å². The summed E-state index contributed by atoms with van der Waals surface area (Å²) in [5.74, 6) is 0.604. The van der Waals surface area contributed by atoms with Gasteiger partial charge in [0.05, 0.1) is 5.69 Å². The highest BCUT2D eigenvalue weighted by molar-refractivity contribution is 7.98. The topological polar surface area (TPSA) is 67.2 Å². The van der Waals surface area contributed by atoms with Gasteiger partial charge in [-0.25, -0.2) is 4.79 Å². The molecule has 0 saturated heterocycles. The fraction of sp³-hybridized carbons (Fsp3) is 0.636. The van der Waals surface area contributed by atoms with Crippen LogP contribution in [-0.2, 0) is 7.05 Å². The molecule has 1 aromatic rings. The van der Waals surface area contributed by atoms with Crippen molar-refractivity contribution in [2.45, 2.75) is 26.3 Å². The number of anilines is 1. The molecular weight excluding hydrogens is 238 g/mol. The van der Waals surface area contributed by atoms with E-state index in [1.807, 2.05) is 6.26 Å². The van der Waals surface area contributed by atoms with Crippen LogP contribution in [0.4, 0.5) is 5.82 Å². The standard InChI is InChI=1S/C11H19N3O2S/c1-5-8(6-17-4)12-10-9(11(15)16)7(2)13-14(10)3/h8,12H,5-6H2,1-4H3,(H,15,16). The zero-order valence-corrected chi connectivity index (χ0v) is 11.5. The molecule has 0 saturated carbocycles. The molecule has 0 aliphatic carbocycles. The summed E-state index contributed by atoms with van der Waals surface area (Å²) in [5.41, 5.74) is 0.813. The Morgan fingerprint density at radius 1 is 1.65 bits per heavy atom. The predicted octanol–water partition coefficient (Wildman–Crippen LogP) is 1.98. The molecule has 1 unspecified atom stereocenters. The second-order valence-corrected chi connectivity index (χ2v) is 4.85. The van der Waals surface area contributed by atoms with Crippen molar-refractivity contribution in [2.24, 2.45) is 7.05 Å². The number of nitrogens with one attached hydrogen (secondary N) is 1. The number of aryl methyl sites for hydroxylation is 2. The lowest BCUT2D eigenvalue weighted by molar-refractivity contribution is 0.0697. The van der Waals surface area contributed by atoms with E-state index in [0.717, 1.165) is 12.2 Å². The number of rotatable bonds is 6. The van der Waals surface area contributed by atoms with Gasteiger partial charge in [-0.15, -0.1) is 0 Å². The van der Waals surface area contributed by atoms with Crippen LogP contribution in [0.3, 0.4) is 0 Å². The van der Waals surface area contributed by atoms with Crippen LogP contribution in [0, 0.1) is 6.92 Å². The van der Waals surface area contributed by atoms with Gasteiger partial charge in [0.15, 0.2) is 0 Å². The molecule has 1 heterocycles. The largest absolute Gasteiger partial charge is 0.477 e. The molecule has 0 fully saturated rings. The first kappa shape index (κ1) is 13.9. The van der Waals surface area contributed by atoms with E-state index in [-0.39, 0.29) is 11.6 Å². The maximum Gasteiger partial charge on any atom is 0.341 e. The van der Waals surface area contributed by atoms with Gasteiger partial charge in [-0.2, -0.15) is 16.9 Å². The van der Waals surface area contributed by atoms with Crippen molar-refractivity contribution >= 4 is 23.5 Å². The Bertz CT molecular complexity index is 404. The summed E-state index contributed by atoms with van der Waals surface area (Å²) in [6.45, 7) is 3.79. The molecule has 6 heteroatoms. The van der Waals surface area contributed by atoms with E-state index < -0.39 is 5.97 Å². The third-order valence-electron chi connectivity index (χ3n) is 2.64. The summed E-state index contributed by atoms with van der Waals surface area (Å²) in [7, 11) is 1.76. The van der Waals surface area contributed by atoms with Crippen molar-refractivity contribution in [3.05, 3.63) is 11.3 Å². The molecular formula is C11H19N3O2S. The number of nitrogens with zero attached hydrogens (tertiary/aromatic N) is 2. The fourth-order valence-electron chi connectivity index (χ4n) is 1.74. The van der Waals surface area contributed by atoms with Crippen molar-refractivity contribution in [1.29, 1.82) is 0 Å².